The van der Waals surface area contributed by atoms with Crippen molar-refractivity contribution in [2.24, 2.45) is 5.92 Å². The summed E-state index contributed by atoms with van der Waals surface area (Å²) in [6.07, 6.45) is 1.47. The van der Waals surface area contributed by atoms with Gasteiger partial charge in [0.2, 0.25) is 11.8 Å². The van der Waals surface area contributed by atoms with Gasteiger partial charge in [-0.15, -0.1) is 0 Å². The third kappa shape index (κ3) is 3.60. The number of amides is 2. The molecule has 0 spiro atoms. The van der Waals surface area contributed by atoms with Crippen molar-refractivity contribution in [2.75, 3.05) is 18.4 Å². The summed E-state index contributed by atoms with van der Waals surface area (Å²) in [4.78, 5) is 25.3. The van der Waals surface area contributed by atoms with Crippen molar-refractivity contribution in [3.05, 3.63) is 28.2 Å². The molecule has 1 aliphatic rings. The van der Waals surface area contributed by atoms with E-state index in [9.17, 15) is 9.59 Å². The number of benzene rings is 1. The number of nitrogens with one attached hydrogen (secondary N) is 1. The minimum atomic E-state index is -0.00588. The first kappa shape index (κ1) is 15.0. The number of hydrogen-bond donors (Lipinski definition) is 1. The van der Waals surface area contributed by atoms with Crippen molar-refractivity contribution < 1.29 is 9.59 Å². The van der Waals surface area contributed by atoms with Gasteiger partial charge in [-0.25, -0.2) is 0 Å². The van der Waals surface area contributed by atoms with E-state index >= 15 is 0 Å². The van der Waals surface area contributed by atoms with Gasteiger partial charge in [0.1, 0.15) is 0 Å². The summed E-state index contributed by atoms with van der Waals surface area (Å²) >= 11 is 3.41. The van der Waals surface area contributed by atoms with Crippen LogP contribution in [0.1, 0.15) is 25.3 Å². The van der Waals surface area contributed by atoms with Crippen LogP contribution in [0.25, 0.3) is 0 Å². The van der Waals surface area contributed by atoms with Crippen molar-refractivity contribution in [2.45, 2.75) is 26.7 Å². The Labute approximate surface area is 127 Å². The molecule has 0 unspecified atom stereocenters. The Balaban J connectivity index is 1.94. The standard InChI is InChI=1S/C15H19BrN2O2/c1-10-9-13(16)3-4-14(10)17-15(20)12-5-7-18(8-6-12)11(2)19/h3-4,9,12H,5-8H2,1-2H3,(H,17,20). The average molecular weight is 339 g/mol. The SMILES string of the molecule is CC(=O)N1CCC(C(=O)Nc2ccc(Br)cc2C)CC1. The molecular formula is C15H19BrN2O2. The van der Waals surface area contributed by atoms with Gasteiger partial charge in [-0.2, -0.15) is 0 Å². The first-order chi connectivity index (χ1) is 9.47. The smallest absolute Gasteiger partial charge is 0.227 e. The van der Waals surface area contributed by atoms with E-state index < -0.39 is 0 Å². The zero-order valence-electron chi connectivity index (χ0n) is 11.8. The van der Waals surface area contributed by atoms with E-state index in [1.807, 2.05) is 25.1 Å². The molecule has 1 saturated heterocycles. The van der Waals surface area contributed by atoms with Gasteiger partial charge in [-0.1, -0.05) is 15.9 Å². The fourth-order valence-corrected chi connectivity index (χ4v) is 2.93. The molecule has 0 aromatic heterocycles. The molecule has 1 aromatic carbocycles. The summed E-state index contributed by atoms with van der Waals surface area (Å²) in [5.41, 5.74) is 1.89. The predicted octanol–water partition coefficient (Wildman–Crippen LogP) is 2.95. The van der Waals surface area contributed by atoms with Crippen LogP contribution in [0.15, 0.2) is 22.7 Å². The van der Waals surface area contributed by atoms with Crippen molar-refractivity contribution in [1.29, 1.82) is 0 Å². The maximum Gasteiger partial charge on any atom is 0.227 e. The number of hydrogen-bond acceptors (Lipinski definition) is 2. The summed E-state index contributed by atoms with van der Waals surface area (Å²) in [6.45, 7) is 4.89. The molecule has 20 heavy (non-hydrogen) atoms. The van der Waals surface area contributed by atoms with Crippen LogP contribution in [0.4, 0.5) is 5.69 Å². The second-order valence-electron chi connectivity index (χ2n) is 5.23. The molecule has 0 radical (unpaired) electrons. The van der Waals surface area contributed by atoms with Gasteiger partial charge in [-0.3, -0.25) is 9.59 Å². The average Bonchev–Trinajstić information content (AvgIpc) is 2.42. The molecule has 1 aromatic rings. The number of rotatable bonds is 2. The molecule has 2 rings (SSSR count). The fourth-order valence-electron chi connectivity index (χ4n) is 2.46. The van der Waals surface area contributed by atoms with Gasteiger partial charge in [0.15, 0.2) is 0 Å². The highest BCUT2D eigenvalue weighted by Crippen LogP contribution is 2.23. The molecule has 0 atom stereocenters. The summed E-state index contributed by atoms with van der Waals surface area (Å²) in [5.74, 6) is 0.139. The first-order valence-electron chi connectivity index (χ1n) is 6.80. The molecule has 0 aliphatic carbocycles. The lowest BCUT2D eigenvalue weighted by atomic mass is 9.95. The van der Waals surface area contributed by atoms with Crippen LogP contribution in [-0.2, 0) is 9.59 Å². The number of carbonyl (C=O) groups is 2. The molecule has 2 amide bonds. The molecule has 1 aliphatic heterocycles. The molecule has 1 fully saturated rings. The Bertz CT molecular complexity index is 523. The normalized spacial score (nSPS) is 16.1. The van der Waals surface area contributed by atoms with Crippen LogP contribution < -0.4 is 5.32 Å². The molecule has 0 bridgehead atoms. The number of nitrogens with zero attached hydrogens (tertiary/aromatic N) is 1. The lowest BCUT2D eigenvalue weighted by molar-refractivity contribution is -0.132. The molecule has 108 valence electrons. The summed E-state index contributed by atoms with van der Waals surface area (Å²) in [6, 6.07) is 5.80. The number of anilines is 1. The maximum atomic E-state index is 12.3. The van der Waals surface area contributed by atoms with Crippen molar-refractivity contribution >= 4 is 33.4 Å². The monoisotopic (exact) mass is 338 g/mol. The van der Waals surface area contributed by atoms with E-state index in [1.165, 1.54) is 0 Å². The topological polar surface area (TPSA) is 49.4 Å². The van der Waals surface area contributed by atoms with E-state index in [1.54, 1.807) is 11.8 Å². The van der Waals surface area contributed by atoms with E-state index in [2.05, 4.69) is 21.2 Å². The van der Waals surface area contributed by atoms with Gasteiger partial charge in [0.25, 0.3) is 0 Å². The summed E-state index contributed by atoms with van der Waals surface area (Å²) in [5, 5.41) is 2.99. The van der Waals surface area contributed by atoms with Crippen molar-refractivity contribution in [3.8, 4) is 0 Å². The first-order valence-corrected chi connectivity index (χ1v) is 7.59. The highest BCUT2D eigenvalue weighted by atomic mass is 79.9. The third-order valence-electron chi connectivity index (χ3n) is 3.76. The molecule has 0 saturated carbocycles. The number of aryl methyl sites for hydroxylation is 1. The Kier molecular flexibility index (Phi) is 4.81. The second-order valence-corrected chi connectivity index (χ2v) is 6.14. The zero-order chi connectivity index (χ0) is 14.7. The molecule has 4 nitrogen and oxygen atoms in total. The lowest BCUT2D eigenvalue weighted by Crippen LogP contribution is -2.40. The Morgan fingerprint density at radius 3 is 2.50 bits per heavy atom. The predicted molar refractivity (Wildman–Crippen MR) is 82.5 cm³/mol. The fraction of sp³-hybridized carbons (Fsp3) is 0.467. The summed E-state index contributed by atoms with van der Waals surface area (Å²) < 4.78 is 1.00. The van der Waals surface area contributed by atoms with Crippen LogP contribution in [0.3, 0.4) is 0 Å². The second kappa shape index (κ2) is 6.39. The third-order valence-corrected chi connectivity index (χ3v) is 4.25. The Morgan fingerprint density at radius 2 is 1.95 bits per heavy atom. The number of halogens is 1. The molecule has 1 heterocycles. The van der Waals surface area contributed by atoms with Crippen LogP contribution in [-0.4, -0.2) is 29.8 Å². The lowest BCUT2D eigenvalue weighted by Gasteiger charge is -2.30. The highest BCUT2D eigenvalue weighted by molar-refractivity contribution is 9.10. The van der Waals surface area contributed by atoms with Crippen LogP contribution in [0.5, 0.6) is 0 Å². The van der Waals surface area contributed by atoms with Gasteiger partial charge in [0.05, 0.1) is 0 Å². The van der Waals surface area contributed by atoms with Crippen molar-refractivity contribution in [1.82, 2.24) is 4.90 Å². The van der Waals surface area contributed by atoms with E-state index in [4.69, 9.17) is 0 Å². The molecule has 5 heteroatoms. The number of carbonyl (C=O) groups excluding carboxylic acids is 2. The molecular weight excluding hydrogens is 320 g/mol. The Hall–Kier alpha value is -1.36. The maximum absolute atomic E-state index is 12.3. The minimum Gasteiger partial charge on any atom is -0.343 e. The van der Waals surface area contributed by atoms with Crippen LogP contribution in [0, 0.1) is 12.8 Å². The van der Waals surface area contributed by atoms with Gasteiger partial charge in [0, 0.05) is 36.1 Å². The minimum absolute atomic E-state index is 0.00588. The van der Waals surface area contributed by atoms with Crippen molar-refractivity contribution in [3.63, 3.8) is 0 Å². The quantitative estimate of drug-likeness (QED) is 0.901. The number of likely N-dealkylation sites (tertiary alicyclic amines) is 1. The van der Waals surface area contributed by atoms with Crippen LogP contribution >= 0.6 is 15.9 Å². The molecule has 1 N–H and O–H groups in total. The largest absolute Gasteiger partial charge is 0.343 e. The van der Waals surface area contributed by atoms with E-state index in [0.29, 0.717) is 13.1 Å². The zero-order valence-corrected chi connectivity index (χ0v) is 13.4. The van der Waals surface area contributed by atoms with E-state index in [-0.39, 0.29) is 17.7 Å². The van der Waals surface area contributed by atoms with Gasteiger partial charge >= 0.3 is 0 Å². The van der Waals surface area contributed by atoms with E-state index in [0.717, 1.165) is 28.6 Å². The number of piperidine rings is 1. The van der Waals surface area contributed by atoms with Gasteiger partial charge < -0.3 is 10.2 Å². The van der Waals surface area contributed by atoms with Gasteiger partial charge in [-0.05, 0) is 43.5 Å². The summed E-state index contributed by atoms with van der Waals surface area (Å²) in [7, 11) is 0. The Morgan fingerprint density at radius 1 is 1.30 bits per heavy atom. The highest BCUT2D eigenvalue weighted by Gasteiger charge is 2.26. The van der Waals surface area contributed by atoms with Crippen LogP contribution in [0.2, 0.25) is 0 Å².